The maximum atomic E-state index is 5.71. The Bertz CT molecular complexity index is 949. The number of hydrogen-bond donors (Lipinski definition) is 1. The predicted octanol–water partition coefficient (Wildman–Crippen LogP) is 0.485. The first kappa shape index (κ1) is 15.3. The fraction of sp³-hybridized carbons (Fsp3) is 0.438. The van der Waals surface area contributed by atoms with Gasteiger partial charge in [0.15, 0.2) is 22.8 Å². The molecule has 1 fully saturated rings. The SMILES string of the molecule is Nc1ncc(-c2nc(N3CCOCC3)c3nc4n(c3n2)CCCO4)cn1. The van der Waals surface area contributed by atoms with Crippen LogP contribution in [-0.2, 0) is 11.3 Å². The topological polar surface area (TPSA) is 117 Å². The molecule has 3 aromatic heterocycles. The van der Waals surface area contributed by atoms with Crippen molar-refractivity contribution in [2.75, 3.05) is 43.5 Å². The number of imidazole rings is 1. The number of nitrogens with two attached hydrogens (primary N) is 1. The average Bonchev–Trinajstić information content (AvgIpc) is 3.07. The molecule has 10 heteroatoms. The minimum atomic E-state index is 0.221. The van der Waals surface area contributed by atoms with Crippen molar-refractivity contribution in [3.8, 4) is 17.4 Å². The third-order valence-electron chi connectivity index (χ3n) is 4.54. The fourth-order valence-corrected chi connectivity index (χ4v) is 3.24. The molecule has 26 heavy (non-hydrogen) atoms. The monoisotopic (exact) mass is 354 g/mol. The second-order valence-electron chi connectivity index (χ2n) is 6.22. The van der Waals surface area contributed by atoms with Gasteiger partial charge in [0.1, 0.15) is 0 Å². The minimum absolute atomic E-state index is 0.221. The molecule has 2 aliphatic rings. The molecule has 1 saturated heterocycles. The molecular weight excluding hydrogens is 336 g/mol. The van der Waals surface area contributed by atoms with Crippen molar-refractivity contribution in [1.29, 1.82) is 0 Å². The summed E-state index contributed by atoms with van der Waals surface area (Å²) in [6, 6.07) is 0.598. The standard InChI is InChI=1S/C16H18N8O2/c17-15-18-8-10(9-19-15)12-21-13(23-3-6-25-7-4-23)11-14(22-12)24-2-1-5-26-16(24)20-11/h8-9H,1-7H2,(H2,17,18,19). The van der Waals surface area contributed by atoms with Gasteiger partial charge in [0.05, 0.1) is 25.4 Å². The van der Waals surface area contributed by atoms with Crippen molar-refractivity contribution >= 4 is 22.9 Å². The van der Waals surface area contributed by atoms with Crippen LogP contribution >= 0.6 is 0 Å². The summed E-state index contributed by atoms with van der Waals surface area (Å²) < 4.78 is 13.2. The molecule has 2 N–H and O–H groups in total. The van der Waals surface area contributed by atoms with Crippen molar-refractivity contribution in [2.24, 2.45) is 0 Å². The van der Waals surface area contributed by atoms with Crippen molar-refractivity contribution in [3.63, 3.8) is 0 Å². The van der Waals surface area contributed by atoms with Crippen molar-refractivity contribution in [3.05, 3.63) is 12.4 Å². The highest BCUT2D eigenvalue weighted by atomic mass is 16.5. The first-order valence-corrected chi connectivity index (χ1v) is 8.61. The Morgan fingerprint density at radius 1 is 0.962 bits per heavy atom. The van der Waals surface area contributed by atoms with Gasteiger partial charge in [-0.05, 0) is 6.42 Å². The summed E-state index contributed by atoms with van der Waals surface area (Å²) in [6.07, 6.45) is 4.20. The molecule has 10 nitrogen and oxygen atoms in total. The van der Waals surface area contributed by atoms with Gasteiger partial charge >= 0.3 is 0 Å². The van der Waals surface area contributed by atoms with Crippen LogP contribution in [0.2, 0.25) is 0 Å². The van der Waals surface area contributed by atoms with Crippen molar-refractivity contribution in [1.82, 2.24) is 29.5 Å². The van der Waals surface area contributed by atoms with E-state index in [-0.39, 0.29) is 5.95 Å². The maximum absolute atomic E-state index is 5.71. The van der Waals surface area contributed by atoms with Crippen LogP contribution in [0.4, 0.5) is 11.8 Å². The zero-order valence-electron chi connectivity index (χ0n) is 14.1. The third-order valence-corrected chi connectivity index (χ3v) is 4.54. The molecule has 0 aliphatic carbocycles. The summed E-state index contributed by atoms with van der Waals surface area (Å²) in [4.78, 5) is 24.5. The Labute approximate surface area is 149 Å². The molecule has 5 rings (SSSR count). The van der Waals surface area contributed by atoms with E-state index in [9.17, 15) is 0 Å². The van der Waals surface area contributed by atoms with E-state index in [1.54, 1.807) is 12.4 Å². The molecule has 0 radical (unpaired) electrons. The Balaban J connectivity index is 1.71. The first-order valence-electron chi connectivity index (χ1n) is 8.61. The molecule has 3 aromatic rings. The number of aromatic nitrogens is 6. The fourth-order valence-electron chi connectivity index (χ4n) is 3.24. The molecule has 2 aliphatic heterocycles. The summed E-state index contributed by atoms with van der Waals surface area (Å²) in [5, 5.41) is 0. The molecule has 0 atom stereocenters. The zero-order chi connectivity index (χ0) is 17.5. The van der Waals surface area contributed by atoms with Crippen LogP contribution in [0, 0.1) is 0 Å². The van der Waals surface area contributed by atoms with Crippen LogP contribution in [-0.4, -0.2) is 62.4 Å². The number of morpholine rings is 1. The van der Waals surface area contributed by atoms with E-state index in [4.69, 9.17) is 25.2 Å². The van der Waals surface area contributed by atoms with Gasteiger partial charge in [-0.15, -0.1) is 0 Å². The van der Waals surface area contributed by atoms with Gasteiger partial charge in [-0.1, -0.05) is 0 Å². The van der Waals surface area contributed by atoms with Gasteiger partial charge in [-0.2, -0.15) is 4.98 Å². The quantitative estimate of drug-likeness (QED) is 0.701. The van der Waals surface area contributed by atoms with Crippen LogP contribution < -0.4 is 15.4 Å². The number of ether oxygens (including phenoxy) is 2. The summed E-state index contributed by atoms with van der Waals surface area (Å²) in [7, 11) is 0. The molecule has 0 bridgehead atoms. The molecule has 0 saturated carbocycles. The smallest absolute Gasteiger partial charge is 0.298 e. The van der Waals surface area contributed by atoms with E-state index in [0.717, 1.165) is 43.0 Å². The predicted molar refractivity (Wildman–Crippen MR) is 93.9 cm³/mol. The van der Waals surface area contributed by atoms with Gasteiger partial charge in [0.2, 0.25) is 5.95 Å². The van der Waals surface area contributed by atoms with E-state index in [1.807, 2.05) is 4.57 Å². The second-order valence-corrected chi connectivity index (χ2v) is 6.22. The van der Waals surface area contributed by atoms with E-state index < -0.39 is 0 Å². The normalized spacial score (nSPS) is 17.2. The highest BCUT2D eigenvalue weighted by Gasteiger charge is 2.25. The van der Waals surface area contributed by atoms with Gasteiger partial charge in [0.25, 0.3) is 6.01 Å². The maximum Gasteiger partial charge on any atom is 0.298 e. The lowest BCUT2D eigenvalue weighted by atomic mass is 10.3. The number of nitrogens with zero attached hydrogens (tertiary/aromatic N) is 7. The van der Waals surface area contributed by atoms with Crippen LogP contribution in [0.15, 0.2) is 12.4 Å². The van der Waals surface area contributed by atoms with Gasteiger partial charge in [0, 0.05) is 32.0 Å². The zero-order valence-corrected chi connectivity index (χ0v) is 14.1. The van der Waals surface area contributed by atoms with Gasteiger partial charge in [-0.3, -0.25) is 4.57 Å². The van der Waals surface area contributed by atoms with E-state index in [0.29, 0.717) is 37.2 Å². The summed E-state index contributed by atoms with van der Waals surface area (Å²) >= 11 is 0. The summed E-state index contributed by atoms with van der Waals surface area (Å²) in [5.74, 6) is 1.56. The number of fused-ring (bicyclic) bond motifs is 3. The van der Waals surface area contributed by atoms with E-state index >= 15 is 0 Å². The van der Waals surface area contributed by atoms with E-state index in [2.05, 4.69) is 19.9 Å². The Morgan fingerprint density at radius 2 is 1.77 bits per heavy atom. The van der Waals surface area contributed by atoms with Crippen molar-refractivity contribution < 1.29 is 9.47 Å². The number of nitrogen functional groups attached to an aromatic ring is 1. The number of anilines is 2. The molecule has 134 valence electrons. The second kappa shape index (κ2) is 6.06. The van der Waals surface area contributed by atoms with Crippen LogP contribution in [0.25, 0.3) is 22.6 Å². The first-order chi connectivity index (χ1) is 12.8. The number of aryl methyl sites for hydroxylation is 1. The minimum Gasteiger partial charge on any atom is -0.465 e. The largest absolute Gasteiger partial charge is 0.465 e. The third kappa shape index (κ3) is 2.49. The Kier molecular flexibility index (Phi) is 3.56. The van der Waals surface area contributed by atoms with Gasteiger partial charge in [-0.25, -0.2) is 19.9 Å². The molecular formula is C16H18N8O2. The van der Waals surface area contributed by atoms with Crippen LogP contribution in [0.5, 0.6) is 6.01 Å². The summed E-state index contributed by atoms with van der Waals surface area (Å²) in [5.41, 5.74) is 7.83. The highest BCUT2D eigenvalue weighted by Crippen LogP contribution is 2.31. The molecule has 5 heterocycles. The Hall–Kier alpha value is -3.01. The molecule has 0 aromatic carbocycles. The van der Waals surface area contributed by atoms with E-state index in [1.165, 1.54) is 0 Å². The van der Waals surface area contributed by atoms with Crippen LogP contribution in [0.3, 0.4) is 0 Å². The summed E-state index contributed by atoms with van der Waals surface area (Å²) in [6.45, 7) is 4.33. The van der Waals surface area contributed by atoms with Gasteiger partial charge < -0.3 is 20.1 Å². The van der Waals surface area contributed by atoms with Crippen LogP contribution in [0.1, 0.15) is 6.42 Å². The lowest BCUT2D eigenvalue weighted by molar-refractivity contribution is 0.122. The molecule has 0 spiro atoms. The lowest BCUT2D eigenvalue weighted by Gasteiger charge is -2.28. The molecule has 0 amide bonds. The van der Waals surface area contributed by atoms with Crippen molar-refractivity contribution in [2.45, 2.75) is 13.0 Å². The molecule has 0 unspecified atom stereocenters. The Morgan fingerprint density at radius 3 is 2.58 bits per heavy atom. The highest BCUT2D eigenvalue weighted by molar-refractivity contribution is 5.86. The average molecular weight is 354 g/mol. The number of hydrogen-bond acceptors (Lipinski definition) is 9. The lowest BCUT2D eigenvalue weighted by Crippen LogP contribution is -2.37. The number of rotatable bonds is 2.